The number of amides is 2. The van der Waals surface area contributed by atoms with Crippen LogP contribution in [0.2, 0.25) is 0 Å². The van der Waals surface area contributed by atoms with Gasteiger partial charge in [0.25, 0.3) is 0 Å². The molecular weight excluding hydrogens is 276 g/mol. The van der Waals surface area contributed by atoms with E-state index in [9.17, 15) is 14.7 Å². The number of thioether (sulfide) groups is 1. The number of carbonyl (C=O) groups excluding carboxylic acids is 1. The van der Waals surface area contributed by atoms with Gasteiger partial charge in [-0.25, -0.2) is 9.59 Å². The van der Waals surface area contributed by atoms with Crippen LogP contribution in [0, 0.1) is 5.92 Å². The SMILES string of the molecule is CCSC1CCCC1NC(=O)N1CCC(C)C1C(=O)O. The summed E-state index contributed by atoms with van der Waals surface area (Å²) in [5, 5.41) is 12.8. The van der Waals surface area contributed by atoms with Crippen LogP contribution in [0.15, 0.2) is 0 Å². The molecule has 1 heterocycles. The summed E-state index contributed by atoms with van der Waals surface area (Å²) in [6.07, 6.45) is 4.05. The van der Waals surface area contributed by atoms with Crippen LogP contribution in [0.5, 0.6) is 0 Å². The lowest BCUT2D eigenvalue weighted by atomic mass is 10.0. The van der Waals surface area contributed by atoms with Gasteiger partial charge in [-0.15, -0.1) is 0 Å². The fraction of sp³-hybridized carbons (Fsp3) is 0.857. The number of nitrogens with one attached hydrogen (secondary N) is 1. The summed E-state index contributed by atoms with van der Waals surface area (Å²) < 4.78 is 0. The molecule has 6 heteroatoms. The second-order valence-electron chi connectivity index (χ2n) is 5.72. The van der Waals surface area contributed by atoms with Crippen LogP contribution in [-0.2, 0) is 4.79 Å². The van der Waals surface area contributed by atoms with Crippen molar-refractivity contribution < 1.29 is 14.7 Å². The van der Waals surface area contributed by atoms with E-state index < -0.39 is 12.0 Å². The minimum atomic E-state index is -0.893. The summed E-state index contributed by atoms with van der Waals surface area (Å²) in [6.45, 7) is 4.57. The molecule has 4 atom stereocenters. The number of nitrogens with zero attached hydrogens (tertiary/aromatic N) is 1. The van der Waals surface area contributed by atoms with Gasteiger partial charge in [0.15, 0.2) is 0 Å². The Morgan fingerprint density at radius 3 is 2.75 bits per heavy atom. The Morgan fingerprint density at radius 2 is 2.10 bits per heavy atom. The third-order valence-electron chi connectivity index (χ3n) is 4.36. The molecule has 1 saturated heterocycles. The van der Waals surface area contributed by atoms with Crippen molar-refractivity contribution in [1.82, 2.24) is 10.2 Å². The largest absolute Gasteiger partial charge is 0.480 e. The van der Waals surface area contributed by atoms with E-state index >= 15 is 0 Å². The normalized spacial score (nSPS) is 33.4. The zero-order valence-corrected chi connectivity index (χ0v) is 13.0. The van der Waals surface area contributed by atoms with Gasteiger partial charge in [0.05, 0.1) is 0 Å². The van der Waals surface area contributed by atoms with Crippen molar-refractivity contribution in [3.8, 4) is 0 Å². The maximum atomic E-state index is 12.4. The van der Waals surface area contributed by atoms with E-state index in [1.54, 1.807) is 0 Å². The topological polar surface area (TPSA) is 69.6 Å². The molecule has 2 N–H and O–H groups in total. The fourth-order valence-electron chi connectivity index (χ4n) is 3.30. The molecule has 4 unspecified atom stereocenters. The first-order valence-corrected chi connectivity index (χ1v) is 8.51. The highest BCUT2D eigenvalue weighted by molar-refractivity contribution is 7.99. The molecule has 5 nitrogen and oxygen atoms in total. The number of carboxylic acid groups (broad SMARTS) is 1. The number of urea groups is 1. The van der Waals surface area contributed by atoms with Crippen LogP contribution in [-0.4, -0.2) is 51.6 Å². The second kappa shape index (κ2) is 6.70. The van der Waals surface area contributed by atoms with Crippen LogP contribution < -0.4 is 5.32 Å². The molecule has 0 aromatic heterocycles. The van der Waals surface area contributed by atoms with Gasteiger partial charge in [0.1, 0.15) is 6.04 Å². The first-order chi connectivity index (χ1) is 9.54. The molecule has 0 bridgehead atoms. The van der Waals surface area contributed by atoms with Gasteiger partial charge in [-0.2, -0.15) is 11.8 Å². The summed E-state index contributed by atoms with van der Waals surface area (Å²) in [7, 11) is 0. The molecule has 1 saturated carbocycles. The van der Waals surface area contributed by atoms with E-state index in [0.29, 0.717) is 11.8 Å². The quantitative estimate of drug-likeness (QED) is 0.835. The Labute approximate surface area is 124 Å². The van der Waals surface area contributed by atoms with Crippen LogP contribution in [0.4, 0.5) is 4.79 Å². The van der Waals surface area contributed by atoms with E-state index in [0.717, 1.165) is 31.4 Å². The predicted octanol–water partition coefficient (Wildman–Crippen LogP) is 2.17. The van der Waals surface area contributed by atoms with Gasteiger partial charge in [-0.3, -0.25) is 0 Å². The Morgan fingerprint density at radius 1 is 1.35 bits per heavy atom. The molecule has 2 amide bonds. The molecular formula is C14H24N2O3S. The molecule has 0 aromatic carbocycles. The maximum Gasteiger partial charge on any atom is 0.326 e. The van der Waals surface area contributed by atoms with E-state index in [1.165, 1.54) is 4.90 Å². The van der Waals surface area contributed by atoms with Crippen LogP contribution in [0.25, 0.3) is 0 Å². The summed E-state index contributed by atoms with van der Waals surface area (Å²) in [4.78, 5) is 25.2. The van der Waals surface area contributed by atoms with Crippen LogP contribution in [0.1, 0.15) is 39.5 Å². The zero-order chi connectivity index (χ0) is 14.7. The highest BCUT2D eigenvalue weighted by atomic mass is 32.2. The van der Waals surface area contributed by atoms with Crippen molar-refractivity contribution in [2.24, 2.45) is 5.92 Å². The lowest BCUT2D eigenvalue weighted by Gasteiger charge is -2.27. The Bertz CT molecular complexity index is 377. The van der Waals surface area contributed by atoms with Gasteiger partial charge in [0.2, 0.25) is 0 Å². The summed E-state index contributed by atoms with van der Waals surface area (Å²) in [6, 6.07) is -0.679. The van der Waals surface area contributed by atoms with E-state index in [-0.39, 0.29) is 18.0 Å². The minimum Gasteiger partial charge on any atom is -0.480 e. The third-order valence-corrected chi connectivity index (χ3v) is 5.68. The molecule has 114 valence electrons. The smallest absolute Gasteiger partial charge is 0.326 e. The van der Waals surface area contributed by atoms with E-state index in [2.05, 4.69) is 12.2 Å². The lowest BCUT2D eigenvalue weighted by Crippen LogP contribution is -2.51. The Kier molecular flexibility index (Phi) is 5.18. The Hall–Kier alpha value is -0.910. The van der Waals surface area contributed by atoms with Gasteiger partial charge < -0.3 is 15.3 Å². The molecule has 2 aliphatic rings. The summed E-state index contributed by atoms with van der Waals surface area (Å²) in [5.74, 6) is 0.189. The zero-order valence-electron chi connectivity index (χ0n) is 12.2. The number of rotatable bonds is 4. The number of hydrogen-bond donors (Lipinski definition) is 2. The van der Waals surface area contributed by atoms with Crippen molar-refractivity contribution in [2.75, 3.05) is 12.3 Å². The van der Waals surface area contributed by atoms with E-state index in [1.807, 2.05) is 18.7 Å². The van der Waals surface area contributed by atoms with Crippen molar-refractivity contribution in [1.29, 1.82) is 0 Å². The summed E-state index contributed by atoms with van der Waals surface area (Å²) in [5.41, 5.74) is 0. The number of carbonyl (C=O) groups is 2. The highest BCUT2D eigenvalue weighted by Crippen LogP contribution is 2.31. The predicted molar refractivity (Wildman–Crippen MR) is 80.0 cm³/mol. The number of carboxylic acids is 1. The Balaban J connectivity index is 1.96. The molecule has 1 aliphatic heterocycles. The number of aliphatic carboxylic acids is 1. The third kappa shape index (κ3) is 3.22. The lowest BCUT2D eigenvalue weighted by molar-refractivity contribution is -0.142. The van der Waals surface area contributed by atoms with Gasteiger partial charge >= 0.3 is 12.0 Å². The van der Waals surface area contributed by atoms with Crippen molar-refractivity contribution in [3.05, 3.63) is 0 Å². The maximum absolute atomic E-state index is 12.4. The molecule has 2 rings (SSSR count). The number of likely N-dealkylation sites (tertiary alicyclic amines) is 1. The fourth-order valence-corrected chi connectivity index (χ4v) is 4.50. The molecule has 0 aromatic rings. The molecule has 20 heavy (non-hydrogen) atoms. The first-order valence-electron chi connectivity index (χ1n) is 7.46. The van der Waals surface area contributed by atoms with Crippen LogP contribution in [0.3, 0.4) is 0 Å². The monoisotopic (exact) mass is 300 g/mol. The average Bonchev–Trinajstić information content (AvgIpc) is 2.97. The molecule has 0 spiro atoms. The van der Waals surface area contributed by atoms with Crippen LogP contribution >= 0.6 is 11.8 Å². The summed E-state index contributed by atoms with van der Waals surface area (Å²) >= 11 is 1.89. The average molecular weight is 300 g/mol. The van der Waals surface area contributed by atoms with E-state index in [4.69, 9.17) is 0 Å². The van der Waals surface area contributed by atoms with Crippen molar-refractivity contribution in [3.63, 3.8) is 0 Å². The molecule has 0 radical (unpaired) electrons. The first kappa shape index (κ1) is 15.5. The molecule has 1 aliphatic carbocycles. The van der Waals surface area contributed by atoms with Crippen molar-refractivity contribution >= 4 is 23.8 Å². The second-order valence-corrected chi connectivity index (χ2v) is 7.24. The van der Waals surface area contributed by atoms with Gasteiger partial charge in [-0.05, 0) is 30.9 Å². The van der Waals surface area contributed by atoms with Crippen molar-refractivity contribution in [2.45, 2.75) is 56.9 Å². The minimum absolute atomic E-state index is 0.0302. The highest BCUT2D eigenvalue weighted by Gasteiger charge is 2.40. The van der Waals surface area contributed by atoms with Gasteiger partial charge in [0, 0.05) is 17.8 Å². The standard InChI is InChI=1S/C14H24N2O3S/c1-3-20-11-6-4-5-10(11)15-14(19)16-8-7-9(2)12(16)13(17)18/h9-12H,3-8H2,1-2H3,(H,15,19)(H,17,18). The molecule has 2 fully saturated rings. The van der Waals surface area contributed by atoms with Gasteiger partial charge in [-0.1, -0.05) is 20.3 Å². The number of hydrogen-bond acceptors (Lipinski definition) is 3.